The summed E-state index contributed by atoms with van der Waals surface area (Å²) in [5.74, 6) is -0.610. The molecular weight excluding hydrogens is 453 g/mol. The van der Waals surface area contributed by atoms with Crippen molar-refractivity contribution < 1.29 is 18.7 Å². The fraction of sp³-hybridized carbons (Fsp3) is 0.435. The van der Waals surface area contributed by atoms with Crippen LogP contribution in [0.3, 0.4) is 0 Å². The lowest BCUT2D eigenvalue weighted by Gasteiger charge is -2.43. The Morgan fingerprint density at radius 2 is 2.00 bits per heavy atom. The van der Waals surface area contributed by atoms with Gasteiger partial charge in [0.05, 0.1) is 4.88 Å². The van der Waals surface area contributed by atoms with Crippen LogP contribution >= 0.6 is 22.9 Å². The SMILES string of the molecule is CC(C)(C)OC(=O)N1CCC2(CC1)N=C(c1cccs1)C(=O)N2Cc1ccc(F)cc1Cl. The van der Waals surface area contributed by atoms with Crippen LogP contribution in [0, 0.1) is 5.82 Å². The van der Waals surface area contributed by atoms with E-state index in [0.717, 1.165) is 4.88 Å². The molecule has 0 atom stereocenters. The summed E-state index contributed by atoms with van der Waals surface area (Å²) in [5, 5.41) is 2.17. The second kappa shape index (κ2) is 8.48. The summed E-state index contributed by atoms with van der Waals surface area (Å²) in [4.78, 5) is 35.0. The number of halogens is 2. The summed E-state index contributed by atoms with van der Waals surface area (Å²) in [6, 6.07) is 7.93. The fourth-order valence-corrected chi connectivity index (χ4v) is 4.93. The molecule has 2 aliphatic heterocycles. The quantitative estimate of drug-likeness (QED) is 0.618. The Kier molecular flexibility index (Phi) is 6.02. The summed E-state index contributed by atoms with van der Waals surface area (Å²) < 4.78 is 19.0. The van der Waals surface area contributed by atoms with E-state index in [2.05, 4.69) is 0 Å². The van der Waals surface area contributed by atoms with E-state index in [9.17, 15) is 14.0 Å². The molecular formula is C23H25ClFN3O3S. The lowest BCUT2D eigenvalue weighted by atomic mass is 9.95. The monoisotopic (exact) mass is 477 g/mol. The first-order chi connectivity index (χ1) is 15.1. The van der Waals surface area contributed by atoms with Gasteiger partial charge in [-0.2, -0.15) is 0 Å². The Balaban J connectivity index is 1.61. The van der Waals surface area contributed by atoms with E-state index in [1.807, 2.05) is 38.3 Å². The molecule has 1 saturated heterocycles. The first-order valence-electron chi connectivity index (χ1n) is 10.5. The molecule has 1 fully saturated rings. The third-order valence-corrected chi connectivity index (χ3v) is 6.81. The second-order valence-electron chi connectivity index (χ2n) is 9.01. The van der Waals surface area contributed by atoms with Crippen molar-refractivity contribution in [1.82, 2.24) is 9.80 Å². The first-order valence-corrected chi connectivity index (χ1v) is 11.7. The number of carbonyl (C=O) groups excluding carboxylic acids is 2. The number of piperidine rings is 1. The topological polar surface area (TPSA) is 62.2 Å². The zero-order valence-corrected chi connectivity index (χ0v) is 19.8. The molecule has 6 nitrogen and oxygen atoms in total. The molecule has 1 spiro atoms. The number of nitrogens with zero attached hydrogens (tertiary/aromatic N) is 3. The van der Waals surface area contributed by atoms with Crippen molar-refractivity contribution >= 4 is 40.6 Å². The molecule has 2 aromatic rings. The molecule has 2 aliphatic rings. The number of likely N-dealkylation sites (tertiary alicyclic amines) is 1. The molecule has 0 aliphatic carbocycles. The van der Waals surface area contributed by atoms with Gasteiger partial charge in [-0.05, 0) is 49.9 Å². The molecule has 9 heteroatoms. The largest absolute Gasteiger partial charge is 0.444 e. The lowest BCUT2D eigenvalue weighted by Crippen LogP contribution is -2.54. The van der Waals surface area contributed by atoms with Crippen molar-refractivity contribution in [3.8, 4) is 0 Å². The normalized spacial score (nSPS) is 18.3. The van der Waals surface area contributed by atoms with Gasteiger partial charge in [0.25, 0.3) is 5.91 Å². The van der Waals surface area contributed by atoms with E-state index in [0.29, 0.717) is 37.2 Å². The van der Waals surface area contributed by atoms with Gasteiger partial charge in [-0.25, -0.2) is 14.2 Å². The number of hydrogen-bond acceptors (Lipinski definition) is 5. The van der Waals surface area contributed by atoms with E-state index >= 15 is 0 Å². The van der Waals surface area contributed by atoms with Crippen molar-refractivity contribution in [2.45, 2.75) is 51.4 Å². The van der Waals surface area contributed by atoms with Crippen LogP contribution in [0.15, 0.2) is 40.7 Å². The maximum absolute atomic E-state index is 13.5. The molecule has 1 aromatic carbocycles. The van der Waals surface area contributed by atoms with Gasteiger partial charge >= 0.3 is 6.09 Å². The maximum Gasteiger partial charge on any atom is 0.410 e. The minimum atomic E-state index is -0.785. The van der Waals surface area contributed by atoms with Gasteiger partial charge in [0, 0.05) is 37.5 Å². The third kappa shape index (κ3) is 4.52. The average molecular weight is 478 g/mol. The molecule has 2 amide bonds. The second-order valence-corrected chi connectivity index (χ2v) is 10.4. The smallest absolute Gasteiger partial charge is 0.410 e. The Hall–Kier alpha value is -2.45. The number of aliphatic imine (C=N–C) groups is 1. The van der Waals surface area contributed by atoms with E-state index in [1.54, 1.807) is 15.9 Å². The van der Waals surface area contributed by atoms with Crippen LogP contribution in [0.2, 0.25) is 5.02 Å². The van der Waals surface area contributed by atoms with E-state index < -0.39 is 17.1 Å². The number of hydrogen-bond donors (Lipinski definition) is 0. The van der Waals surface area contributed by atoms with Gasteiger partial charge in [0.15, 0.2) is 0 Å². The van der Waals surface area contributed by atoms with Gasteiger partial charge in [-0.15, -0.1) is 11.3 Å². The number of carbonyl (C=O) groups is 2. The summed E-state index contributed by atoms with van der Waals surface area (Å²) in [6.45, 7) is 6.53. The Labute approximate surface area is 195 Å². The van der Waals surface area contributed by atoms with Crippen LogP contribution in [0.1, 0.15) is 44.1 Å². The molecule has 32 heavy (non-hydrogen) atoms. The molecule has 0 radical (unpaired) electrons. The number of ether oxygens (including phenoxy) is 1. The summed E-state index contributed by atoms with van der Waals surface area (Å²) in [7, 11) is 0. The number of thiophene rings is 1. The molecule has 170 valence electrons. The highest BCUT2D eigenvalue weighted by Gasteiger charge is 2.49. The van der Waals surface area contributed by atoms with Crippen molar-refractivity contribution in [3.63, 3.8) is 0 Å². The van der Waals surface area contributed by atoms with Gasteiger partial charge in [-0.1, -0.05) is 23.7 Å². The van der Waals surface area contributed by atoms with Crippen LogP contribution in [0.5, 0.6) is 0 Å². The minimum Gasteiger partial charge on any atom is -0.444 e. The fourth-order valence-electron chi connectivity index (χ4n) is 4.00. The van der Waals surface area contributed by atoms with E-state index in [4.69, 9.17) is 21.3 Å². The molecule has 1 aromatic heterocycles. The molecule has 0 bridgehead atoms. The molecule has 3 heterocycles. The van der Waals surface area contributed by atoms with Crippen molar-refractivity contribution in [2.75, 3.05) is 13.1 Å². The molecule has 0 N–H and O–H groups in total. The maximum atomic E-state index is 13.5. The lowest BCUT2D eigenvalue weighted by molar-refractivity contribution is -0.130. The molecule has 0 saturated carbocycles. The third-order valence-electron chi connectivity index (χ3n) is 5.58. The van der Waals surface area contributed by atoms with Crippen LogP contribution < -0.4 is 0 Å². The Morgan fingerprint density at radius 1 is 1.28 bits per heavy atom. The first kappa shape index (κ1) is 22.7. The van der Waals surface area contributed by atoms with E-state index in [-0.39, 0.29) is 23.6 Å². The highest BCUT2D eigenvalue weighted by molar-refractivity contribution is 7.13. The Morgan fingerprint density at radius 3 is 2.59 bits per heavy atom. The Bertz CT molecular complexity index is 1060. The number of benzene rings is 1. The van der Waals surface area contributed by atoms with Crippen molar-refractivity contribution in [2.24, 2.45) is 4.99 Å². The highest BCUT2D eigenvalue weighted by atomic mass is 35.5. The standard InChI is InChI=1S/C23H25ClFN3O3S/c1-22(2,3)31-21(30)27-10-8-23(9-11-27)26-19(18-5-4-12-32-18)20(29)28(23)14-15-6-7-16(25)13-17(15)24/h4-7,12-13H,8-11,14H2,1-3H3. The van der Waals surface area contributed by atoms with Gasteiger partial charge in [0.2, 0.25) is 0 Å². The van der Waals surface area contributed by atoms with Crippen LogP contribution in [-0.2, 0) is 16.1 Å². The predicted octanol–water partition coefficient (Wildman–Crippen LogP) is 5.10. The summed E-state index contributed by atoms with van der Waals surface area (Å²) in [5.41, 5.74) is -0.292. The molecule has 0 unspecified atom stereocenters. The number of amides is 2. The van der Waals surface area contributed by atoms with Crippen LogP contribution in [0.25, 0.3) is 0 Å². The van der Waals surface area contributed by atoms with Gasteiger partial charge in [-0.3, -0.25) is 4.79 Å². The van der Waals surface area contributed by atoms with Crippen LogP contribution in [0.4, 0.5) is 9.18 Å². The highest BCUT2D eigenvalue weighted by Crippen LogP contribution is 2.39. The number of rotatable bonds is 3. The zero-order valence-electron chi connectivity index (χ0n) is 18.2. The zero-order chi connectivity index (χ0) is 23.1. The van der Waals surface area contributed by atoms with Crippen LogP contribution in [-0.4, -0.2) is 51.9 Å². The average Bonchev–Trinajstić information content (AvgIpc) is 3.32. The summed E-state index contributed by atoms with van der Waals surface area (Å²) >= 11 is 7.72. The minimum absolute atomic E-state index is 0.182. The van der Waals surface area contributed by atoms with Gasteiger partial charge in [0.1, 0.15) is 22.8 Å². The van der Waals surface area contributed by atoms with Crippen molar-refractivity contribution in [3.05, 3.63) is 57.0 Å². The predicted molar refractivity (Wildman–Crippen MR) is 123 cm³/mol. The molecule has 4 rings (SSSR count). The van der Waals surface area contributed by atoms with E-state index in [1.165, 1.54) is 23.5 Å². The van der Waals surface area contributed by atoms with Gasteiger partial charge < -0.3 is 14.5 Å². The summed E-state index contributed by atoms with van der Waals surface area (Å²) in [6.07, 6.45) is 0.587. The van der Waals surface area contributed by atoms with Crippen molar-refractivity contribution in [1.29, 1.82) is 0 Å².